The van der Waals surface area contributed by atoms with Crippen LogP contribution in [0.3, 0.4) is 0 Å². The van der Waals surface area contributed by atoms with Crippen molar-refractivity contribution < 1.29 is 29.1 Å². The van der Waals surface area contributed by atoms with Crippen LogP contribution < -0.4 is 0 Å². The zero-order chi connectivity index (χ0) is 24.5. The molecule has 3 rings (SSSR count). The predicted molar refractivity (Wildman–Crippen MR) is 114 cm³/mol. The van der Waals surface area contributed by atoms with Crippen molar-refractivity contribution in [3.05, 3.63) is 92.2 Å². The molecular formula is C21H21FN4O7. The number of nitrogens with zero attached hydrogens (tertiary/aromatic N) is 4. The van der Waals surface area contributed by atoms with Crippen LogP contribution in [0.5, 0.6) is 0 Å². The molecule has 3 aromatic rings. The molecule has 0 saturated heterocycles. The lowest BCUT2D eigenvalue weighted by Gasteiger charge is -2.13. The summed E-state index contributed by atoms with van der Waals surface area (Å²) in [6.07, 6.45) is 1.16. The largest absolute Gasteiger partial charge is 0.461 e. The Morgan fingerprint density at radius 3 is 2.42 bits per heavy atom. The van der Waals surface area contributed by atoms with Crippen LogP contribution in [0.25, 0.3) is 11.1 Å². The van der Waals surface area contributed by atoms with Gasteiger partial charge in [-0.05, 0) is 29.0 Å². The van der Waals surface area contributed by atoms with E-state index in [0.717, 1.165) is 11.8 Å². The maximum Gasteiger partial charge on any atom is 0.342 e. The standard InChI is InChI=1S/C21H20FN3O4.HNO3/c1-14(17-8-9-18(19(22)12-17)16-6-4-3-5-7-16)21(26)29-11-10-24-15(2)23-13-20(24)25(27)28;2-1(3)4/h3-9,12-14H,10-11H2,1-2H3;(H,2,3,4)/t14-;/m0./s1. The van der Waals surface area contributed by atoms with Gasteiger partial charge in [0.15, 0.2) is 5.82 Å². The predicted octanol–water partition coefficient (Wildman–Crippen LogP) is 3.91. The van der Waals surface area contributed by atoms with Gasteiger partial charge >= 0.3 is 11.8 Å². The third-order valence-electron chi connectivity index (χ3n) is 4.71. The first kappa shape index (κ1) is 24.9. The number of hydrogen-bond acceptors (Lipinski definition) is 7. The Balaban J connectivity index is 0.000000890. The summed E-state index contributed by atoms with van der Waals surface area (Å²) in [7, 11) is 0. The lowest BCUT2D eigenvalue weighted by molar-refractivity contribution is -0.742. The number of aryl methyl sites for hydroxylation is 1. The number of rotatable bonds is 7. The van der Waals surface area contributed by atoms with Crippen molar-refractivity contribution in [1.29, 1.82) is 0 Å². The zero-order valence-corrected chi connectivity index (χ0v) is 17.8. The average Bonchev–Trinajstić information content (AvgIpc) is 3.14. The summed E-state index contributed by atoms with van der Waals surface area (Å²) < 4.78 is 21.1. The van der Waals surface area contributed by atoms with Gasteiger partial charge in [-0.25, -0.2) is 13.9 Å². The topological polar surface area (TPSA) is 151 Å². The van der Waals surface area contributed by atoms with Crippen molar-refractivity contribution in [2.45, 2.75) is 26.3 Å². The SMILES string of the molecule is Cc1ncc([N+](=O)[O-])n1CCOC(=O)[C@@H](C)c1ccc(-c2ccccc2)c(F)c1.O=[N+]([O-])O. The first-order chi connectivity index (χ1) is 15.6. The molecule has 0 aliphatic heterocycles. The summed E-state index contributed by atoms with van der Waals surface area (Å²) >= 11 is 0. The number of hydrogen-bond donors (Lipinski definition) is 1. The first-order valence-electron chi connectivity index (χ1n) is 9.63. The van der Waals surface area contributed by atoms with E-state index in [0.29, 0.717) is 17.0 Å². The minimum absolute atomic E-state index is 0.0498. The van der Waals surface area contributed by atoms with E-state index < -0.39 is 27.7 Å². The van der Waals surface area contributed by atoms with Crippen molar-refractivity contribution in [2.24, 2.45) is 0 Å². The van der Waals surface area contributed by atoms with Crippen molar-refractivity contribution in [3.63, 3.8) is 0 Å². The number of carbonyl (C=O) groups excluding carboxylic acids is 1. The van der Waals surface area contributed by atoms with E-state index >= 15 is 0 Å². The van der Waals surface area contributed by atoms with Crippen molar-refractivity contribution in [3.8, 4) is 11.1 Å². The van der Waals surface area contributed by atoms with Gasteiger partial charge in [-0.3, -0.25) is 4.79 Å². The molecule has 0 unspecified atom stereocenters. The summed E-state index contributed by atoms with van der Waals surface area (Å²) in [4.78, 5) is 35.0. The van der Waals surface area contributed by atoms with E-state index in [-0.39, 0.29) is 19.0 Å². The van der Waals surface area contributed by atoms with E-state index in [1.807, 2.05) is 30.3 Å². The van der Waals surface area contributed by atoms with Gasteiger partial charge in [0.1, 0.15) is 25.2 Å². The fourth-order valence-electron chi connectivity index (χ4n) is 3.03. The van der Waals surface area contributed by atoms with Crippen molar-refractivity contribution in [2.75, 3.05) is 6.61 Å². The summed E-state index contributed by atoms with van der Waals surface area (Å²) in [6.45, 7) is 3.33. The Morgan fingerprint density at radius 2 is 1.85 bits per heavy atom. The normalized spacial score (nSPS) is 11.1. The Labute approximate surface area is 187 Å². The molecule has 11 nitrogen and oxygen atoms in total. The summed E-state index contributed by atoms with van der Waals surface area (Å²) in [5, 5.41) is 24.6. The highest BCUT2D eigenvalue weighted by Gasteiger charge is 2.21. The average molecular weight is 460 g/mol. The van der Waals surface area contributed by atoms with Gasteiger partial charge in [-0.15, -0.1) is 10.1 Å². The molecule has 0 aliphatic carbocycles. The van der Waals surface area contributed by atoms with Crippen LogP contribution in [0.4, 0.5) is 10.2 Å². The molecule has 174 valence electrons. The van der Waals surface area contributed by atoms with Crippen LogP contribution >= 0.6 is 0 Å². The van der Waals surface area contributed by atoms with Crippen LogP contribution in [-0.2, 0) is 16.1 Å². The van der Waals surface area contributed by atoms with Gasteiger partial charge in [0, 0.05) is 12.5 Å². The lowest BCUT2D eigenvalue weighted by atomic mass is 9.97. The highest BCUT2D eigenvalue weighted by atomic mass is 19.1. The van der Waals surface area contributed by atoms with E-state index in [1.165, 1.54) is 10.6 Å². The maximum absolute atomic E-state index is 14.5. The van der Waals surface area contributed by atoms with Crippen LogP contribution in [-0.4, -0.2) is 37.3 Å². The van der Waals surface area contributed by atoms with Crippen LogP contribution in [0.15, 0.2) is 54.7 Å². The molecule has 0 radical (unpaired) electrons. The molecule has 12 heteroatoms. The third-order valence-corrected chi connectivity index (χ3v) is 4.71. The number of ether oxygens (including phenoxy) is 1. The molecule has 1 atom stereocenters. The molecule has 0 amide bonds. The lowest BCUT2D eigenvalue weighted by Crippen LogP contribution is -2.17. The van der Waals surface area contributed by atoms with E-state index in [2.05, 4.69) is 4.98 Å². The number of esters is 1. The van der Waals surface area contributed by atoms with Crippen LogP contribution in [0.1, 0.15) is 24.2 Å². The highest BCUT2D eigenvalue weighted by Crippen LogP contribution is 2.26. The molecule has 0 aliphatic rings. The van der Waals surface area contributed by atoms with Gasteiger partial charge in [0.2, 0.25) is 0 Å². The maximum atomic E-state index is 14.5. The van der Waals surface area contributed by atoms with Gasteiger partial charge in [-0.1, -0.05) is 42.5 Å². The number of halogens is 1. The Kier molecular flexibility index (Phi) is 8.55. The minimum Gasteiger partial charge on any atom is -0.461 e. The monoisotopic (exact) mass is 460 g/mol. The molecule has 0 bridgehead atoms. The van der Waals surface area contributed by atoms with Gasteiger partial charge < -0.3 is 20.1 Å². The van der Waals surface area contributed by atoms with Crippen molar-refractivity contribution >= 4 is 11.8 Å². The van der Waals surface area contributed by atoms with Crippen molar-refractivity contribution in [1.82, 2.24) is 9.55 Å². The molecule has 0 spiro atoms. The summed E-state index contributed by atoms with van der Waals surface area (Å²) in [5.74, 6) is -1.33. The fourth-order valence-corrected chi connectivity index (χ4v) is 3.03. The second-order valence-corrected chi connectivity index (χ2v) is 6.80. The molecular weight excluding hydrogens is 439 g/mol. The number of benzene rings is 2. The number of carbonyl (C=O) groups is 1. The highest BCUT2D eigenvalue weighted by molar-refractivity contribution is 5.78. The smallest absolute Gasteiger partial charge is 0.342 e. The molecule has 1 heterocycles. The zero-order valence-electron chi connectivity index (χ0n) is 17.8. The second-order valence-electron chi connectivity index (χ2n) is 6.80. The quantitative estimate of drug-likeness (QED) is 0.317. The van der Waals surface area contributed by atoms with E-state index in [4.69, 9.17) is 20.1 Å². The Hall–Kier alpha value is -4.35. The Morgan fingerprint density at radius 1 is 1.21 bits per heavy atom. The molecule has 2 aromatic carbocycles. The minimum atomic E-state index is -1.50. The molecule has 0 fully saturated rings. The number of imidazole rings is 1. The molecule has 1 N–H and O–H groups in total. The number of nitro groups is 1. The van der Waals surface area contributed by atoms with Gasteiger partial charge in [0.25, 0.3) is 5.09 Å². The first-order valence-corrected chi connectivity index (χ1v) is 9.63. The fraction of sp³-hybridized carbons (Fsp3) is 0.238. The third kappa shape index (κ3) is 6.82. The summed E-state index contributed by atoms with van der Waals surface area (Å²) in [6, 6.07) is 13.8. The van der Waals surface area contributed by atoms with Gasteiger partial charge in [-0.2, -0.15) is 0 Å². The molecule has 1 aromatic heterocycles. The summed E-state index contributed by atoms with van der Waals surface area (Å²) in [5.41, 5.74) is 1.71. The van der Waals surface area contributed by atoms with Crippen LogP contribution in [0.2, 0.25) is 0 Å². The van der Waals surface area contributed by atoms with Gasteiger partial charge in [0.05, 0.1) is 5.92 Å². The molecule has 33 heavy (non-hydrogen) atoms. The van der Waals surface area contributed by atoms with E-state index in [9.17, 15) is 19.3 Å². The van der Waals surface area contributed by atoms with Crippen LogP contribution in [0, 0.1) is 33.0 Å². The molecule has 0 saturated carbocycles. The Bertz CT molecular complexity index is 1130. The second kappa shape index (κ2) is 11.3. The number of aromatic nitrogens is 2. The van der Waals surface area contributed by atoms with E-state index in [1.54, 1.807) is 26.0 Å².